The molecule has 80 valence electrons. The predicted molar refractivity (Wildman–Crippen MR) is 61.1 cm³/mol. The van der Waals surface area contributed by atoms with Crippen LogP contribution in [-0.2, 0) is 0 Å². The minimum Gasteiger partial charge on any atom is -0.322 e. The first-order valence-electron chi connectivity index (χ1n) is 4.48. The minimum absolute atomic E-state index is 0.00434. The lowest BCUT2D eigenvalue weighted by molar-refractivity contribution is 0.0736. The maximum Gasteiger partial charge on any atom is 0.266 e. The van der Waals surface area contributed by atoms with Crippen molar-refractivity contribution in [3.05, 3.63) is 21.3 Å². The molecular formula is C10H11ClN2OS. The monoisotopic (exact) mass is 242 g/mol. The van der Waals surface area contributed by atoms with E-state index in [0.29, 0.717) is 9.90 Å². The molecule has 0 spiro atoms. The highest BCUT2D eigenvalue weighted by molar-refractivity contribution is 7.12. The fraction of sp³-hybridized carbons (Fsp3) is 0.400. The molecule has 0 bridgehead atoms. The summed E-state index contributed by atoms with van der Waals surface area (Å²) in [6.45, 7) is 3.83. The SMILES string of the molecule is CC(C)N(CC#N)C(=O)c1sccc1Cl. The second-order valence-corrected chi connectivity index (χ2v) is 4.61. The van der Waals surface area contributed by atoms with Crippen LogP contribution in [0.3, 0.4) is 0 Å². The highest BCUT2D eigenvalue weighted by Crippen LogP contribution is 2.24. The van der Waals surface area contributed by atoms with Gasteiger partial charge in [-0.1, -0.05) is 11.6 Å². The van der Waals surface area contributed by atoms with E-state index in [1.807, 2.05) is 19.9 Å². The Labute approximate surface area is 97.9 Å². The third kappa shape index (κ3) is 2.71. The molecule has 0 fully saturated rings. The predicted octanol–water partition coefficient (Wildman–Crippen LogP) is 2.78. The van der Waals surface area contributed by atoms with E-state index in [4.69, 9.17) is 16.9 Å². The van der Waals surface area contributed by atoms with Gasteiger partial charge in [0, 0.05) is 6.04 Å². The molecule has 15 heavy (non-hydrogen) atoms. The van der Waals surface area contributed by atoms with Gasteiger partial charge in [-0.15, -0.1) is 11.3 Å². The smallest absolute Gasteiger partial charge is 0.266 e. The van der Waals surface area contributed by atoms with Gasteiger partial charge in [0.2, 0.25) is 0 Å². The van der Waals surface area contributed by atoms with Crippen LogP contribution in [0.15, 0.2) is 11.4 Å². The Morgan fingerprint density at radius 2 is 2.40 bits per heavy atom. The molecular weight excluding hydrogens is 232 g/mol. The molecule has 1 heterocycles. The van der Waals surface area contributed by atoms with Gasteiger partial charge in [-0.3, -0.25) is 4.79 Å². The molecule has 5 heteroatoms. The molecule has 1 amide bonds. The zero-order valence-corrected chi connectivity index (χ0v) is 10.1. The van der Waals surface area contributed by atoms with Gasteiger partial charge in [0.1, 0.15) is 11.4 Å². The maximum absolute atomic E-state index is 12.0. The Hall–Kier alpha value is -1.05. The third-order valence-corrected chi connectivity index (χ3v) is 3.27. The van der Waals surface area contributed by atoms with Crippen molar-refractivity contribution in [3.63, 3.8) is 0 Å². The summed E-state index contributed by atoms with van der Waals surface area (Å²) in [4.78, 5) is 14.0. The summed E-state index contributed by atoms with van der Waals surface area (Å²) in [5.41, 5.74) is 0. The van der Waals surface area contributed by atoms with Crippen LogP contribution in [0.2, 0.25) is 5.02 Å². The number of carbonyl (C=O) groups excluding carboxylic acids is 1. The molecule has 0 aliphatic carbocycles. The van der Waals surface area contributed by atoms with Crippen molar-refractivity contribution in [1.29, 1.82) is 5.26 Å². The number of halogens is 1. The van der Waals surface area contributed by atoms with Crippen LogP contribution in [0.25, 0.3) is 0 Å². The highest BCUT2D eigenvalue weighted by atomic mass is 35.5. The summed E-state index contributed by atoms with van der Waals surface area (Å²) >= 11 is 7.16. The van der Waals surface area contributed by atoms with Crippen LogP contribution in [0.4, 0.5) is 0 Å². The first kappa shape index (κ1) is 12.0. The lowest BCUT2D eigenvalue weighted by atomic mass is 10.3. The molecule has 3 nitrogen and oxygen atoms in total. The topological polar surface area (TPSA) is 44.1 Å². The van der Waals surface area contributed by atoms with Crippen LogP contribution >= 0.6 is 22.9 Å². The standard InChI is InChI=1S/C10H11ClN2OS/c1-7(2)13(5-4-12)10(14)9-8(11)3-6-15-9/h3,6-7H,5H2,1-2H3. The van der Waals surface area contributed by atoms with E-state index >= 15 is 0 Å². The molecule has 0 saturated carbocycles. The number of nitrogens with zero attached hydrogens (tertiary/aromatic N) is 2. The fourth-order valence-electron chi connectivity index (χ4n) is 1.14. The normalized spacial score (nSPS) is 10.1. The van der Waals surface area contributed by atoms with E-state index in [-0.39, 0.29) is 18.5 Å². The number of hydrogen-bond donors (Lipinski definition) is 0. The molecule has 0 aromatic carbocycles. The average molecular weight is 243 g/mol. The molecule has 1 aromatic rings. The summed E-state index contributed by atoms with van der Waals surface area (Å²) in [6.07, 6.45) is 0. The van der Waals surface area contributed by atoms with Crippen molar-refractivity contribution < 1.29 is 4.79 Å². The highest BCUT2D eigenvalue weighted by Gasteiger charge is 2.21. The number of carbonyl (C=O) groups is 1. The summed E-state index contributed by atoms with van der Waals surface area (Å²) in [5, 5.41) is 10.8. The van der Waals surface area contributed by atoms with E-state index in [1.165, 1.54) is 16.2 Å². The van der Waals surface area contributed by atoms with Gasteiger partial charge in [0.25, 0.3) is 5.91 Å². The molecule has 0 unspecified atom stereocenters. The van der Waals surface area contributed by atoms with Crippen molar-refractivity contribution in [3.8, 4) is 6.07 Å². The molecule has 0 atom stereocenters. The first-order valence-corrected chi connectivity index (χ1v) is 5.74. The van der Waals surface area contributed by atoms with Gasteiger partial charge in [-0.2, -0.15) is 5.26 Å². The van der Waals surface area contributed by atoms with Crippen LogP contribution in [0, 0.1) is 11.3 Å². The Morgan fingerprint density at radius 3 is 2.80 bits per heavy atom. The van der Waals surface area contributed by atoms with Crippen LogP contribution < -0.4 is 0 Å². The fourth-order valence-corrected chi connectivity index (χ4v) is 2.23. The summed E-state index contributed by atoms with van der Waals surface area (Å²) < 4.78 is 0. The Morgan fingerprint density at radius 1 is 1.73 bits per heavy atom. The summed E-state index contributed by atoms with van der Waals surface area (Å²) in [5.74, 6) is -0.174. The Balaban J connectivity index is 2.92. The molecule has 0 aliphatic heterocycles. The van der Waals surface area contributed by atoms with E-state index in [9.17, 15) is 4.79 Å². The molecule has 0 radical (unpaired) electrons. The largest absolute Gasteiger partial charge is 0.322 e. The Bertz CT molecular complexity index is 394. The lowest BCUT2D eigenvalue weighted by Gasteiger charge is -2.23. The number of thiophene rings is 1. The zero-order valence-electron chi connectivity index (χ0n) is 8.53. The maximum atomic E-state index is 12.0. The van der Waals surface area contributed by atoms with Gasteiger partial charge in [0.05, 0.1) is 11.1 Å². The second kappa shape index (κ2) is 5.15. The van der Waals surface area contributed by atoms with Crippen LogP contribution in [0.1, 0.15) is 23.5 Å². The van der Waals surface area contributed by atoms with Gasteiger partial charge in [-0.05, 0) is 25.3 Å². The summed E-state index contributed by atoms with van der Waals surface area (Å²) in [7, 11) is 0. The zero-order chi connectivity index (χ0) is 11.4. The number of nitriles is 1. The van der Waals surface area contributed by atoms with Gasteiger partial charge in [-0.25, -0.2) is 0 Å². The van der Waals surface area contributed by atoms with Crippen molar-refractivity contribution in [1.82, 2.24) is 4.90 Å². The van der Waals surface area contributed by atoms with Gasteiger partial charge in [0.15, 0.2) is 0 Å². The van der Waals surface area contributed by atoms with E-state index in [0.717, 1.165) is 0 Å². The quantitative estimate of drug-likeness (QED) is 0.765. The van der Waals surface area contributed by atoms with Crippen LogP contribution in [-0.4, -0.2) is 23.4 Å². The van der Waals surface area contributed by atoms with Crippen LogP contribution in [0.5, 0.6) is 0 Å². The number of amides is 1. The second-order valence-electron chi connectivity index (χ2n) is 3.28. The molecule has 1 aromatic heterocycles. The first-order chi connectivity index (χ1) is 7.07. The number of hydrogen-bond acceptors (Lipinski definition) is 3. The van der Waals surface area contributed by atoms with E-state index in [1.54, 1.807) is 11.4 Å². The number of rotatable bonds is 3. The minimum atomic E-state index is -0.174. The van der Waals surface area contributed by atoms with Gasteiger partial charge >= 0.3 is 0 Å². The lowest BCUT2D eigenvalue weighted by Crippen LogP contribution is -2.36. The molecule has 0 N–H and O–H groups in total. The van der Waals surface area contributed by atoms with Crippen molar-refractivity contribution in [2.75, 3.05) is 6.54 Å². The summed E-state index contributed by atoms with van der Waals surface area (Å²) in [6, 6.07) is 3.66. The average Bonchev–Trinajstić information content (AvgIpc) is 2.59. The van der Waals surface area contributed by atoms with Crippen molar-refractivity contribution >= 4 is 28.8 Å². The molecule has 0 aliphatic rings. The van der Waals surface area contributed by atoms with E-state index < -0.39 is 0 Å². The molecule has 1 rings (SSSR count). The third-order valence-electron chi connectivity index (χ3n) is 1.94. The van der Waals surface area contributed by atoms with Crippen molar-refractivity contribution in [2.45, 2.75) is 19.9 Å². The van der Waals surface area contributed by atoms with Gasteiger partial charge < -0.3 is 4.90 Å². The molecule has 0 saturated heterocycles. The van der Waals surface area contributed by atoms with Crippen molar-refractivity contribution in [2.24, 2.45) is 0 Å². The Kier molecular flexibility index (Phi) is 4.13. The van der Waals surface area contributed by atoms with E-state index in [2.05, 4.69) is 0 Å².